The maximum Gasteiger partial charge on any atom is 0.358 e. The molecule has 2 aromatic rings. The van der Waals surface area contributed by atoms with Crippen LogP contribution in [0.4, 0.5) is 4.39 Å². The largest absolute Gasteiger partial charge is 0.505 e. The Hall–Kier alpha value is -2.22. The second-order valence-corrected chi connectivity index (χ2v) is 5.46. The van der Waals surface area contributed by atoms with Crippen molar-refractivity contribution in [3.63, 3.8) is 0 Å². The molecule has 1 aromatic carbocycles. The third kappa shape index (κ3) is 3.81. The minimum Gasteiger partial charge on any atom is -0.505 e. The smallest absolute Gasteiger partial charge is 0.358 e. The molecule has 8 heteroatoms. The molecule has 0 unspecified atom stereocenters. The number of pyridine rings is 1. The van der Waals surface area contributed by atoms with Crippen LogP contribution in [0.2, 0.25) is 5.02 Å². The molecule has 0 atom stereocenters. The molecule has 0 aliphatic heterocycles. The number of halogens is 2. The molecular weight excluding hydrogens is 341 g/mol. The second-order valence-electron chi connectivity index (χ2n) is 5.06. The van der Waals surface area contributed by atoms with E-state index in [0.29, 0.717) is 16.8 Å². The number of hydrogen-bond acceptors (Lipinski definition) is 5. The lowest BCUT2D eigenvalue weighted by Crippen LogP contribution is -2.10. The highest BCUT2D eigenvalue weighted by atomic mass is 35.5. The number of aliphatic hydroxyl groups excluding tert-OH is 1. The van der Waals surface area contributed by atoms with Crippen molar-refractivity contribution in [2.24, 2.45) is 0 Å². The lowest BCUT2D eigenvalue weighted by atomic mass is 10.0. The minimum absolute atomic E-state index is 0.0167. The van der Waals surface area contributed by atoms with E-state index >= 15 is 0 Å². The summed E-state index contributed by atoms with van der Waals surface area (Å²) in [6.07, 6.45) is 0. The Morgan fingerprint density at radius 2 is 2.04 bits per heavy atom. The molecule has 0 aliphatic rings. The van der Waals surface area contributed by atoms with Gasteiger partial charge in [0.25, 0.3) is 0 Å². The highest BCUT2D eigenvalue weighted by Crippen LogP contribution is 2.28. The highest BCUT2D eigenvalue weighted by Gasteiger charge is 2.21. The van der Waals surface area contributed by atoms with Crippen molar-refractivity contribution in [2.45, 2.75) is 26.7 Å². The summed E-state index contributed by atoms with van der Waals surface area (Å²) in [6, 6.07) is 4.17. The van der Waals surface area contributed by atoms with Gasteiger partial charge in [0.05, 0.1) is 24.8 Å². The molecule has 0 radical (unpaired) electrons. The first-order chi connectivity index (χ1) is 11.3. The SMILES string of the molecule is Cc1nc(C(=O)O)c(O)c(CO)c1COCc1ccc(F)c(Cl)c1. The summed E-state index contributed by atoms with van der Waals surface area (Å²) >= 11 is 5.69. The number of aryl methyl sites for hydroxylation is 1. The van der Waals surface area contributed by atoms with Crippen molar-refractivity contribution >= 4 is 17.6 Å². The number of aliphatic hydroxyl groups is 1. The molecule has 0 aliphatic carbocycles. The summed E-state index contributed by atoms with van der Waals surface area (Å²) in [5.74, 6) is -2.50. The van der Waals surface area contributed by atoms with Gasteiger partial charge in [0.2, 0.25) is 0 Å². The van der Waals surface area contributed by atoms with Crippen LogP contribution in [-0.2, 0) is 24.6 Å². The fourth-order valence-electron chi connectivity index (χ4n) is 2.20. The summed E-state index contributed by atoms with van der Waals surface area (Å²) in [4.78, 5) is 14.9. The average molecular weight is 356 g/mol. The van der Waals surface area contributed by atoms with Crippen LogP contribution in [0.3, 0.4) is 0 Å². The maximum absolute atomic E-state index is 13.1. The number of aromatic hydroxyl groups is 1. The van der Waals surface area contributed by atoms with Crippen molar-refractivity contribution < 1.29 is 29.2 Å². The number of carbonyl (C=O) groups is 1. The van der Waals surface area contributed by atoms with Gasteiger partial charge in [-0.3, -0.25) is 0 Å². The van der Waals surface area contributed by atoms with Crippen LogP contribution < -0.4 is 0 Å². The number of aromatic nitrogens is 1. The van der Waals surface area contributed by atoms with Crippen LogP contribution in [0.25, 0.3) is 0 Å². The lowest BCUT2D eigenvalue weighted by Gasteiger charge is -2.14. The Morgan fingerprint density at radius 3 is 2.62 bits per heavy atom. The predicted molar refractivity (Wildman–Crippen MR) is 83.4 cm³/mol. The van der Waals surface area contributed by atoms with E-state index in [9.17, 15) is 19.4 Å². The molecule has 0 bridgehead atoms. The fourth-order valence-corrected chi connectivity index (χ4v) is 2.41. The summed E-state index contributed by atoms with van der Waals surface area (Å²) in [5.41, 5.74) is 0.895. The maximum atomic E-state index is 13.1. The zero-order valence-electron chi connectivity index (χ0n) is 12.7. The summed E-state index contributed by atoms with van der Waals surface area (Å²) in [7, 11) is 0. The Balaban J connectivity index is 2.18. The van der Waals surface area contributed by atoms with E-state index in [0.717, 1.165) is 0 Å². The monoisotopic (exact) mass is 355 g/mol. The molecule has 24 heavy (non-hydrogen) atoms. The standard InChI is InChI=1S/C16H15ClFNO5/c1-8-11(10(5-20)15(21)14(19-8)16(22)23)7-24-6-9-2-3-13(18)12(17)4-9/h2-4,20-21H,5-7H2,1H3,(H,22,23). The van der Waals surface area contributed by atoms with E-state index < -0.39 is 29.8 Å². The summed E-state index contributed by atoms with van der Waals surface area (Å²) in [6.45, 7) is 1.10. The first-order valence-electron chi connectivity index (χ1n) is 6.92. The topological polar surface area (TPSA) is 99.9 Å². The third-order valence-electron chi connectivity index (χ3n) is 3.45. The Bertz CT molecular complexity index is 782. The van der Waals surface area contributed by atoms with Crippen LogP contribution >= 0.6 is 11.6 Å². The minimum atomic E-state index is -1.39. The Morgan fingerprint density at radius 1 is 1.33 bits per heavy atom. The molecule has 0 saturated carbocycles. The van der Waals surface area contributed by atoms with Gasteiger partial charge in [0, 0.05) is 16.8 Å². The molecule has 3 N–H and O–H groups in total. The van der Waals surface area contributed by atoms with Crippen molar-refractivity contribution in [3.05, 3.63) is 57.1 Å². The van der Waals surface area contributed by atoms with Crippen LogP contribution in [0.5, 0.6) is 5.75 Å². The van der Waals surface area contributed by atoms with Gasteiger partial charge < -0.3 is 20.1 Å². The molecule has 1 aromatic heterocycles. The van der Waals surface area contributed by atoms with Gasteiger partial charge in [-0.25, -0.2) is 14.2 Å². The van der Waals surface area contributed by atoms with Gasteiger partial charge in [-0.15, -0.1) is 0 Å². The number of ether oxygens (including phenoxy) is 1. The number of benzene rings is 1. The molecule has 6 nitrogen and oxygen atoms in total. The number of rotatable bonds is 6. The number of hydrogen-bond donors (Lipinski definition) is 3. The van der Waals surface area contributed by atoms with E-state index in [-0.39, 0.29) is 23.8 Å². The second kappa shape index (κ2) is 7.57. The highest BCUT2D eigenvalue weighted by molar-refractivity contribution is 6.30. The van der Waals surface area contributed by atoms with Crippen molar-refractivity contribution in [3.8, 4) is 5.75 Å². The van der Waals surface area contributed by atoms with Crippen LogP contribution in [0, 0.1) is 12.7 Å². The predicted octanol–water partition coefficient (Wildman–Crippen LogP) is 2.80. The number of nitrogens with zero attached hydrogens (tertiary/aromatic N) is 1. The van der Waals surface area contributed by atoms with E-state index in [4.69, 9.17) is 21.4 Å². The fraction of sp³-hybridized carbons (Fsp3) is 0.250. The molecule has 0 fully saturated rings. The van der Waals surface area contributed by atoms with Crippen molar-refractivity contribution in [1.29, 1.82) is 0 Å². The average Bonchev–Trinajstić information content (AvgIpc) is 2.53. The molecule has 0 saturated heterocycles. The molecular formula is C16H15ClFNO5. The van der Waals surface area contributed by atoms with Crippen LogP contribution in [-0.4, -0.2) is 26.3 Å². The molecule has 128 valence electrons. The quantitative estimate of drug-likeness (QED) is 0.736. The van der Waals surface area contributed by atoms with Crippen molar-refractivity contribution in [1.82, 2.24) is 4.98 Å². The Labute approximate surface area is 142 Å². The van der Waals surface area contributed by atoms with Crippen molar-refractivity contribution in [2.75, 3.05) is 0 Å². The number of carboxylic acid groups (broad SMARTS) is 1. The summed E-state index contributed by atoms with van der Waals surface area (Å²) in [5, 5.41) is 28.3. The van der Waals surface area contributed by atoms with Crippen LogP contribution in [0.1, 0.15) is 32.9 Å². The molecule has 0 amide bonds. The zero-order chi connectivity index (χ0) is 17.9. The Kier molecular flexibility index (Phi) is 5.71. The number of aromatic carboxylic acids is 1. The van der Waals surface area contributed by atoms with Gasteiger partial charge in [0.1, 0.15) is 5.82 Å². The van der Waals surface area contributed by atoms with Gasteiger partial charge in [-0.1, -0.05) is 17.7 Å². The first kappa shape index (κ1) is 18.1. The molecule has 1 heterocycles. The van der Waals surface area contributed by atoms with E-state index in [1.165, 1.54) is 18.2 Å². The normalized spacial score (nSPS) is 10.8. The zero-order valence-corrected chi connectivity index (χ0v) is 13.5. The third-order valence-corrected chi connectivity index (χ3v) is 3.74. The summed E-state index contributed by atoms with van der Waals surface area (Å²) < 4.78 is 18.6. The lowest BCUT2D eigenvalue weighted by molar-refractivity contribution is 0.0685. The van der Waals surface area contributed by atoms with Gasteiger partial charge in [0.15, 0.2) is 11.4 Å². The van der Waals surface area contributed by atoms with Gasteiger partial charge >= 0.3 is 5.97 Å². The molecule has 0 spiro atoms. The first-order valence-corrected chi connectivity index (χ1v) is 7.30. The van der Waals surface area contributed by atoms with Gasteiger partial charge in [-0.05, 0) is 24.6 Å². The van der Waals surface area contributed by atoms with E-state index in [1.54, 1.807) is 6.92 Å². The van der Waals surface area contributed by atoms with Crippen LogP contribution in [0.15, 0.2) is 18.2 Å². The number of carboxylic acids is 1. The van der Waals surface area contributed by atoms with E-state index in [1.807, 2.05) is 0 Å². The molecule has 2 rings (SSSR count). The van der Waals surface area contributed by atoms with E-state index in [2.05, 4.69) is 4.98 Å². The van der Waals surface area contributed by atoms with Gasteiger partial charge in [-0.2, -0.15) is 0 Å².